The van der Waals surface area contributed by atoms with E-state index in [1.54, 1.807) is 47.4 Å². The van der Waals surface area contributed by atoms with E-state index in [9.17, 15) is 13.6 Å². The standard InChI is InChI=1S/C23H17F2N3O2S2/c24-22(25)30-18-11-7-15(8-12-18)13-26-28-21(29)17-9-5-16(6-10-17)14-31-23-27-19-3-1-2-4-20(19)32-23/h1-13,22H,14H2,(H,28,29). The Bertz CT molecular complexity index is 1190. The molecule has 0 bridgehead atoms. The number of hydrogen-bond acceptors (Lipinski definition) is 6. The van der Waals surface area contributed by atoms with E-state index in [-0.39, 0.29) is 11.7 Å². The van der Waals surface area contributed by atoms with E-state index in [1.807, 2.05) is 30.3 Å². The molecule has 0 unspecified atom stereocenters. The second-order valence-electron chi connectivity index (χ2n) is 6.58. The van der Waals surface area contributed by atoms with Crippen LogP contribution in [-0.2, 0) is 5.75 Å². The Morgan fingerprint density at radius 3 is 2.56 bits per heavy atom. The molecule has 0 aliphatic carbocycles. The second kappa shape index (κ2) is 10.3. The zero-order valence-electron chi connectivity index (χ0n) is 16.6. The first-order valence-corrected chi connectivity index (χ1v) is 11.3. The fraction of sp³-hybridized carbons (Fsp3) is 0.0870. The minimum Gasteiger partial charge on any atom is -0.435 e. The minimum atomic E-state index is -2.87. The van der Waals surface area contributed by atoms with Crippen molar-refractivity contribution >= 4 is 45.4 Å². The Hall–Kier alpha value is -3.30. The summed E-state index contributed by atoms with van der Waals surface area (Å²) in [6, 6.07) is 21.3. The summed E-state index contributed by atoms with van der Waals surface area (Å²) in [6.45, 7) is -2.87. The number of aromatic nitrogens is 1. The van der Waals surface area contributed by atoms with Crippen LogP contribution in [0.2, 0.25) is 0 Å². The molecule has 4 rings (SSSR count). The Labute approximate surface area is 191 Å². The average Bonchev–Trinajstić information content (AvgIpc) is 3.22. The van der Waals surface area contributed by atoms with Gasteiger partial charge in [-0.05, 0) is 59.7 Å². The van der Waals surface area contributed by atoms with Crippen molar-refractivity contribution < 1.29 is 18.3 Å². The topological polar surface area (TPSA) is 63.6 Å². The summed E-state index contributed by atoms with van der Waals surface area (Å²) < 4.78 is 30.8. The van der Waals surface area contributed by atoms with E-state index in [2.05, 4.69) is 26.3 Å². The lowest BCUT2D eigenvalue weighted by molar-refractivity contribution is -0.0498. The number of thiazole rings is 1. The molecule has 0 saturated heterocycles. The van der Waals surface area contributed by atoms with Gasteiger partial charge >= 0.3 is 6.61 Å². The van der Waals surface area contributed by atoms with Crippen LogP contribution in [0.25, 0.3) is 10.2 Å². The van der Waals surface area contributed by atoms with Gasteiger partial charge in [-0.1, -0.05) is 36.0 Å². The van der Waals surface area contributed by atoms with Gasteiger partial charge in [0.2, 0.25) is 0 Å². The molecular formula is C23H17F2N3O2S2. The number of benzene rings is 3. The first-order chi connectivity index (χ1) is 15.6. The fourth-order valence-corrected chi connectivity index (χ4v) is 4.80. The van der Waals surface area contributed by atoms with Gasteiger partial charge in [0.1, 0.15) is 5.75 Å². The van der Waals surface area contributed by atoms with E-state index in [4.69, 9.17) is 0 Å². The highest BCUT2D eigenvalue weighted by atomic mass is 32.2. The third kappa shape index (κ3) is 5.89. The maximum atomic E-state index is 12.3. The normalized spacial score (nSPS) is 11.3. The van der Waals surface area contributed by atoms with Crippen molar-refractivity contribution in [3.05, 3.63) is 89.5 Å². The lowest BCUT2D eigenvalue weighted by Crippen LogP contribution is -2.17. The van der Waals surface area contributed by atoms with Gasteiger partial charge in [-0.2, -0.15) is 13.9 Å². The zero-order chi connectivity index (χ0) is 22.3. The number of nitrogens with one attached hydrogen (secondary N) is 1. The average molecular weight is 470 g/mol. The summed E-state index contributed by atoms with van der Waals surface area (Å²) in [4.78, 5) is 16.9. The Kier molecular flexibility index (Phi) is 7.08. The maximum absolute atomic E-state index is 12.3. The molecule has 0 radical (unpaired) electrons. The van der Waals surface area contributed by atoms with Gasteiger partial charge in [0.05, 0.1) is 16.4 Å². The van der Waals surface area contributed by atoms with Crippen molar-refractivity contribution in [2.24, 2.45) is 5.10 Å². The first-order valence-electron chi connectivity index (χ1n) is 9.52. The van der Waals surface area contributed by atoms with Crippen LogP contribution in [0.15, 0.2) is 82.2 Å². The SMILES string of the molecule is O=C(NN=Cc1ccc(OC(F)F)cc1)c1ccc(CSc2nc3ccccc3s2)cc1. The molecule has 1 amide bonds. The van der Waals surface area contributed by atoms with Crippen LogP contribution in [0.3, 0.4) is 0 Å². The third-order valence-corrected chi connectivity index (χ3v) is 6.59. The summed E-state index contributed by atoms with van der Waals surface area (Å²) in [7, 11) is 0. The number of hydrazone groups is 1. The molecule has 1 N–H and O–H groups in total. The summed E-state index contributed by atoms with van der Waals surface area (Å²) in [5.41, 5.74) is 5.66. The number of alkyl halides is 2. The summed E-state index contributed by atoms with van der Waals surface area (Å²) in [6.07, 6.45) is 1.42. The molecule has 0 saturated carbocycles. The van der Waals surface area contributed by atoms with Crippen molar-refractivity contribution in [3.8, 4) is 5.75 Å². The van der Waals surface area contributed by atoms with Crippen molar-refractivity contribution in [3.63, 3.8) is 0 Å². The molecule has 9 heteroatoms. The van der Waals surface area contributed by atoms with Gasteiger partial charge < -0.3 is 4.74 Å². The molecule has 3 aromatic carbocycles. The number of ether oxygens (including phenoxy) is 1. The molecule has 0 aliphatic rings. The molecule has 32 heavy (non-hydrogen) atoms. The molecular weight excluding hydrogens is 452 g/mol. The molecule has 5 nitrogen and oxygen atoms in total. The molecule has 0 fully saturated rings. The largest absolute Gasteiger partial charge is 0.435 e. The van der Waals surface area contributed by atoms with Gasteiger partial charge in [-0.15, -0.1) is 11.3 Å². The number of thioether (sulfide) groups is 1. The van der Waals surface area contributed by atoms with Crippen LogP contribution in [-0.4, -0.2) is 23.7 Å². The smallest absolute Gasteiger partial charge is 0.387 e. The lowest BCUT2D eigenvalue weighted by Gasteiger charge is -2.04. The fourth-order valence-electron chi connectivity index (χ4n) is 2.78. The van der Waals surface area contributed by atoms with E-state index >= 15 is 0 Å². The predicted molar refractivity (Wildman–Crippen MR) is 124 cm³/mol. The first kappa shape index (κ1) is 21.9. The number of hydrogen-bond donors (Lipinski definition) is 1. The van der Waals surface area contributed by atoms with Gasteiger partial charge in [-0.25, -0.2) is 10.4 Å². The summed E-state index contributed by atoms with van der Waals surface area (Å²) in [5, 5.41) is 3.90. The number of carbonyl (C=O) groups is 1. The van der Waals surface area contributed by atoms with Gasteiger partial charge in [0.25, 0.3) is 5.91 Å². The Balaban J connectivity index is 1.28. The van der Waals surface area contributed by atoms with Crippen LogP contribution >= 0.6 is 23.1 Å². The zero-order valence-corrected chi connectivity index (χ0v) is 18.2. The molecule has 0 spiro atoms. The van der Waals surface area contributed by atoms with Crippen LogP contribution < -0.4 is 10.2 Å². The highest BCUT2D eigenvalue weighted by Crippen LogP contribution is 2.31. The summed E-state index contributed by atoms with van der Waals surface area (Å²) >= 11 is 3.33. The maximum Gasteiger partial charge on any atom is 0.387 e. The quantitative estimate of drug-likeness (QED) is 0.197. The second-order valence-corrected chi connectivity index (χ2v) is 8.83. The van der Waals surface area contributed by atoms with E-state index < -0.39 is 6.61 Å². The van der Waals surface area contributed by atoms with Crippen molar-refractivity contribution in [1.29, 1.82) is 0 Å². The molecule has 0 aliphatic heterocycles. The van der Waals surface area contributed by atoms with Crippen molar-refractivity contribution in [1.82, 2.24) is 10.4 Å². The van der Waals surface area contributed by atoms with E-state index in [0.717, 1.165) is 21.2 Å². The lowest BCUT2D eigenvalue weighted by atomic mass is 10.1. The highest BCUT2D eigenvalue weighted by Gasteiger charge is 2.07. The van der Waals surface area contributed by atoms with Crippen molar-refractivity contribution in [2.75, 3.05) is 0 Å². The van der Waals surface area contributed by atoms with E-state index in [1.165, 1.54) is 23.0 Å². The highest BCUT2D eigenvalue weighted by molar-refractivity contribution is 8.00. The number of para-hydroxylation sites is 1. The Morgan fingerprint density at radius 2 is 1.84 bits per heavy atom. The number of rotatable bonds is 8. The van der Waals surface area contributed by atoms with Gasteiger partial charge in [0, 0.05) is 11.3 Å². The molecule has 162 valence electrons. The van der Waals surface area contributed by atoms with Crippen LogP contribution in [0, 0.1) is 0 Å². The summed E-state index contributed by atoms with van der Waals surface area (Å²) in [5.74, 6) is 0.470. The number of carbonyl (C=O) groups excluding carboxylic acids is 1. The van der Waals surface area contributed by atoms with Gasteiger partial charge in [0.15, 0.2) is 4.34 Å². The monoisotopic (exact) mass is 469 g/mol. The molecule has 1 aromatic heterocycles. The van der Waals surface area contributed by atoms with E-state index in [0.29, 0.717) is 11.1 Å². The molecule has 1 heterocycles. The molecule has 0 atom stereocenters. The minimum absolute atomic E-state index is 0.0579. The number of fused-ring (bicyclic) bond motifs is 1. The predicted octanol–water partition coefficient (Wildman–Crippen LogP) is 5.95. The van der Waals surface area contributed by atoms with Crippen molar-refractivity contribution in [2.45, 2.75) is 16.7 Å². The van der Waals surface area contributed by atoms with Crippen LogP contribution in [0.5, 0.6) is 5.75 Å². The number of amides is 1. The number of halogens is 2. The third-order valence-electron chi connectivity index (χ3n) is 4.34. The van der Waals surface area contributed by atoms with Crippen LogP contribution in [0.4, 0.5) is 8.78 Å². The number of nitrogens with zero attached hydrogens (tertiary/aromatic N) is 2. The van der Waals surface area contributed by atoms with Crippen LogP contribution in [0.1, 0.15) is 21.5 Å². The Morgan fingerprint density at radius 1 is 1.09 bits per heavy atom. The van der Waals surface area contributed by atoms with Gasteiger partial charge in [-0.3, -0.25) is 4.79 Å². The molecule has 4 aromatic rings.